The summed E-state index contributed by atoms with van der Waals surface area (Å²) in [7, 11) is -3.53. The van der Waals surface area contributed by atoms with E-state index in [1.165, 1.54) is 12.3 Å². The van der Waals surface area contributed by atoms with Crippen molar-refractivity contribution in [3.63, 3.8) is 0 Å². The molecule has 0 aromatic rings. The first-order chi connectivity index (χ1) is 5.61. The summed E-state index contributed by atoms with van der Waals surface area (Å²) in [6, 6.07) is 0. The fourth-order valence-corrected chi connectivity index (χ4v) is 2.44. The van der Waals surface area contributed by atoms with Gasteiger partial charge in [0, 0.05) is 0 Å². The first-order valence-electron chi connectivity index (χ1n) is 3.30. The molecule has 0 aliphatic carbocycles. The quantitative estimate of drug-likeness (QED) is 0.499. The largest absolute Gasteiger partial charge is 0.370 e. The molecule has 64 valence electrons. The molecule has 12 heavy (non-hydrogen) atoms. The number of carbonyl (C=O) groups excluding carboxylic acids is 1. The number of fused-ring (bicyclic) bond motifs is 1. The molecule has 0 bridgehead atoms. The van der Waals surface area contributed by atoms with Crippen molar-refractivity contribution in [2.24, 2.45) is 0 Å². The van der Waals surface area contributed by atoms with Crippen LogP contribution in [0, 0.1) is 0 Å². The number of hydrogen-bond acceptors (Lipinski definition) is 4. The molecule has 2 aliphatic heterocycles. The van der Waals surface area contributed by atoms with E-state index in [-0.39, 0.29) is 5.57 Å². The van der Waals surface area contributed by atoms with Gasteiger partial charge < -0.3 is 5.32 Å². The van der Waals surface area contributed by atoms with Crippen LogP contribution in [0.5, 0.6) is 0 Å². The summed E-state index contributed by atoms with van der Waals surface area (Å²) in [5.74, 6) is -0.545. The first kappa shape index (κ1) is 7.35. The highest BCUT2D eigenvalue weighted by Crippen LogP contribution is 2.19. The second-order valence-electron chi connectivity index (χ2n) is 2.50. The number of dihydropyridines is 1. The van der Waals surface area contributed by atoms with E-state index in [2.05, 4.69) is 5.32 Å². The van der Waals surface area contributed by atoms with Gasteiger partial charge in [0.05, 0.1) is 5.57 Å². The van der Waals surface area contributed by atoms with Crippen LogP contribution in [0.15, 0.2) is 23.9 Å². The van der Waals surface area contributed by atoms with Crippen LogP contribution in [0.4, 0.5) is 0 Å². The summed E-state index contributed by atoms with van der Waals surface area (Å²) in [4.78, 5) is 11.0. The van der Waals surface area contributed by atoms with E-state index >= 15 is 0 Å². The maximum Gasteiger partial charge on any atom is 0.263 e. The molecule has 0 radical (unpaired) electrons. The first-order valence-corrected chi connectivity index (χ1v) is 4.84. The molecular formula is C6H6N2O3S. The minimum absolute atomic E-state index is 0.248. The van der Waals surface area contributed by atoms with Crippen LogP contribution < -0.4 is 10.0 Å². The van der Waals surface area contributed by atoms with E-state index in [0.29, 0.717) is 0 Å². The van der Waals surface area contributed by atoms with Crippen molar-refractivity contribution in [1.82, 2.24) is 10.0 Å². The number of carbonyl (C=O) groups is 1. The Hall–Kier alpha value is -1.30. The lowest BCUT2D eigenvalue weighted by Crippen LogP contribution is -2.34. The van der Waals surface area contributed by atoms with Gasteiger partial charge in [-0.1, -0.05) is 0 Å². The van der Waals surface area contributed by atoms with Gasteiger partial charge in [-0.25, -0.2) is 13.1 Å². The number of nitrogens with one attached hydrogen (secondary N) is 2. The fourth-order valence-electron chi connectivity index (χ4n) is 1.17. The smallest absolute Gasteiger partial charge is 0.263 e. The van der Waals surface area contributed by atoms with E-state index in [9.17, 15) is 13.2 Å². The van der Waals surface area contributed by atoms with E-state index < -0.39 is 21.3 Å². The highest BCUT2D eigenvalue weighted by Gasteiger charge is 2.41. The van der Waals surface area contributed by atoms with Gasteiger partial charge in [0.2, 0.25) is 0 Å². The Balaban J connectivity index is 2.55. The van der Waals surface area contributed by atoms with E-state index in [1.807, 2.05) is 4.72 Å². The SMILES string of the molecule is O=C1NS(=O)(=O)C2NC=CC=C12. The molecule has 0 spiro atoms. The molecule has 0 saturated carbocycles. The van der Waals surface area contributed by atoms with Crippen LogP contribution in [-0.4, -0.2) is 19.7 Å². The number of hydrogen-bond donors (Lipinski definition) is 2. The number of sulfonamides is 1. The number of rotatable bonds is 0. The maximum atomic E-state index is 11.1. The maximum absolute atomic E-state index is 11.1. The predicted molar refractivity (Wildman–Crippen MR) is 41.2 cm³/mol. The summed E-state index contributed by atoms with van der Waals surface area (Å²) in [6.07, 6.45) is 4.57. The Morgan fingerprint density at radius 2 is 2.17 bits per heavy atom. The van der Waals surface area contributed by atoms with Crippen LogP contribution in [0.1, 0.15) is 0 Å². The standard InChI is InChI=1S/C6H6N2O3S/c9-5-4-2-1-3-7-6(4)12(10,11)8-5/h1-3,6-7H,(H,8,9). The van der Waals surface area contributed by atoms with Gasteiger partial charge >= 0.3 is 0 Å². The van der Waals surface area contributed by atoms with Crippen molar-refractivity contribution >= 4 is 15.9 Å². The van der Waals surface area contributed by atoms with Crippen molar-refractivity contribution in [2.75, 3.05) is 0 Å². The van der Waals surface area contributed by atoms with Crippen molar-refractivity contribution in [3.05, 3.63) is 23.9 Å². The summed E-state index contributed by atoms with van der Waals surface area (Å²) in [5, 5.41) is 1.67. The molecule has 6 heteroatoms. The minimum atomic E-state index is -3.53. The van der Waals surface area contributed by atoms with Crippen LogP contribution in [-0.2, 0) is 14.8 Å². The topological polar surface area (TPSA) is 75.3 Å². The van der Waals surface area contributed by atoms with Gasteiger partial charge in [-0.15, -0.1) is 0 Å². The average Bonchev–Trinajstić information content (AvgIpc) is 2.25. The number of amides is 1. The Labute approximate surface area is 69.2 Å². The predicted octanol–water partition coefficient (Wildman–Crippen LogP) is -1.18. The Bertz CT molecular complexity index is 393. The molecule has 1 unspecified atom stereocenters. The van der Waals surface area contributed by atoms with Gasteiger partial charge in [0.15, 0.2) is 5.37 Å². The van der Waals surface area contributed by atoms with E-state index in [4.69, 9.17) is 0 Å². The van der Waals surface area contributed by atoms with Crippen LogP contribution in [0.2, 0.25) is 0 Å². The summed E-state index contributed by atoms with van der Waals surface area (Å²) in [5.41, 5.74) is 0.248. The zero-order valence-electron chi connectivity index (χ0n) is 5.94. The molecule has 2 aliphatic rings. The zero-order chi connectivity index (χ0) is 8.77. The molecule has 5 nitrogen and oxygen atoms in total. The molecule has 0 aromatic carbocycles. The monoisotopic (exact) mass is 186 g/mol. The molecule has 2 N–H and O–H groups in total. The normalized spacial score (nSPS) is 30.2. The third-order valence-electron chi connectivity index (χ3n) is 1.71. The molecule has 2 heterocycles. The Kier molecular flexibility index (Phi) is 1.29. The lowest BCUT2D eigenvalue weighted by atomic mass is 10.2. The Morgan fingerprint density at radius 3 is 2.83 bits per heavy atom. The van der Waals surface area contributed by atoms with Crippen molar-refractivity contribution < 1.29 is 13.2 Å². The van der Waals surface area contributed by atoms with Crippen LogP contribution in [0.3, 0.4) is 0 Å². The molecule has 1 atom stereocenters. The highest BCUT2D eigenvalue weighted by molar-refractivity contribution is 7.91. The molecule has 1 saturated heterocycles. The van der Waals surface area contributed by atoms with Gasteiger partial charge in [-0.05, 0) is 18.4 Å². The van der Waals surface area contributed by atoms with Gasteiger partial charge in [0.1, 0.15) is 0 Å². The van der Waals surface area contributed by atoms with Gasteiger partial charge in [-0.3, -0.25) is 4.79 Å². The van der Waals surface area contributed by atoms with Crippen LogP contribution >= 0.6 is 0 Å². The minimum Gasteiger partial charge on any atom is -0.370 e. The fraction of sp³-hybridized carbons (Fsp3) is 0.167. The van der Waals surface area contributed by atoms with Crippen molar-refractivity contribution in [2.45, 2.75) is 5.37 Å². The summed E-state index contributed by atoms with van der Waals surface area (Å²) < 4.78 is 24.2. The highest BCUT2D eigenvalue weighted by atomic mass is 32.2. The Morgan fingerprint density at radius 1 is 1.42 bits per heavy atom. The lowest BCUT2D eigenvalue weighted by molar-refractivity contribution is -0.115. The molecule has 2 rings (SSSR count). The third-order valence-corrected chi connectivity index (χ3v) is 3.19. The number of allylic oxidation sites excluding steroid dienone is 2. The second kappa shape index (κ2) is 2.10. The van der Waals surface area contributed by atoms with Crippen molar-refractivity contribution in [3.8, 4) is 0 Å². The second-order valence-corrected chi connectivity index (χ2v) is 4.27. The van der Waals surface area contributed by atoms with E-state index in [0.717, 1.165) is 0 Å². The van der Waals surface area contributed by atoms with Gasteiger partial charge in [-0.2, -0.15) is 0 Å². The molecule has 0 aromatic heterocycles. The summed E-state index contributed by atoms with van der Waals surface area (Å²) >= 11 is 0. The summed E-state index contributed by atoms with van der Waals surface area (Å²) in [6.45, 7) is 0. The molecular weight excluding hydrogens is 180 g/mol. The molecule has 1 amide bonds. The van der Waals surface area contributed by atoms with Gasteiger partial charge in [0.25, 0.3) is 15.9 Å². The van der Waals surface area contributed by atoms with E-state index in [1.54, 1.807) is 6.08 Å². The average molecular weight is 186 g/mol. The van der Waals surface area contributed by atoms with Crippen LogP contribution in [0.25, 0.3) is 0 Å². The molecule has 1 fully saturated rings. The zero-order valence-corrected chi connectivity index (χ0v) is 6.76. The lowest BCUT2D eigenvalue weighted by Gasteiger charge is -2.11. The third kappa shape index (κ3) is 0.845. The van der Waals surface area contributed by atoms with Crippen molar-refractivity contribution in [1.29, 1.82) is 0 Å².